The average molecular weight is 967 g/mol. The molecule has 1 aliphatic carbocycles. The van der Waals surface area contributed by atoms with E-state index in [0.29, 0.717) is 53.5 Å². The number of nitrogens with one attached hydrogen (secondary N) is 2. The van der Waals surface area contributed by atoms with E-state index in [2.05, 4.69) is 25.5 Å². The molecule has 4 aliphatic heterocycles. The third-order valence-corrected chi connectivity index (χ3v) is 15.2. The highest BCUT2D eigenvalue weighted by Gasteiger charge is 2.45. The van der Waals surface area contributed by atoms with Crippen molar-refractivity contribution in [2.75, 3.05) is 62.5 Å². The minimum absolute atomic E-state index is 0.0273. The van der Waals surface area contributed by atoms with Gasteiger partial charge in [-0.2, -0.15) is 13.2 Å². The van der Waals surface area contributed by atoms with Gasteiger partial charge in [0, 0.05) is 74.6 Å². The van der Waals surface area contributed by atoms with Crippen molar-refractivity contribution in [3.05, 3.63) is 82.2 Å². The Hall–Kier alpha value is -6.30. The minimum Gasteiger partial charge on any atom is -0.496 e. The molecule has 372 valence electrons. The van der Waals surface area contributed by atoms with Crippen molar-refractivity contribution in [3.8, 4) is 5.75 Å². The summed E-state index contributed by atoms with van der Waals surface area (Å²) in [5, 5.41) is 6.29. The van der Waals surface area contributed by atoms with E-state index in [1.54, 1.807) is 33.1 Å². The predicted molar refractivity (Wildman–Crippen MR) is 256 cm³/mol. The highest BCUT2D eigenvalue weighted by atomic mass is 19.4. The van der Waals surface area contributed by atoms with E-state index in [-0.39, 0.29) is 47.4 Å². The maximum Gasteiger partial charge on any atom is 0.416 e. The fourth-order valence-electron chi connectivity index (χ4n) is 11.1. The van der Waals surface area contributed by atoms with Gasteiger partial charge in [0.1, 0.15) is 23.4 Å². The van der Waals surface area contributed by atoms with Crippen molar-refractivity contribution in [2.45, 2.75) is 109 Å². The Labute approximate surface area is 405 Å². The number of nitrogens with zero attached hydrogens (tertiary/aromatic N) is 5. The fourth-order valence-corrected chi connectivity index (χ4v) is 11.1. The molecule has 70 heavy (non-hydrogen) atoms. The van der Waals surface area contributed by atoms with E-state index in [1.165, 1.54) is 6.07 Å². The van der Waals surface area contributed by atoms with E-state index >= 15 is 0 Å². The third kappa shape index (κ3) is 10.3. The lowest BCUT2D eigenvalue weighted by molar-refractivity contribution is -0.138. The molecule has 1 aromatic heterocycles. The molecule has 0 radical (unpaired) electrons. The number of amides is 5. The predicted octanol–water partition coefficient (Wildman–Crippen LogP) is 7.96. The number of likely N-dealkylation sites (tertiary alicyclic amines) is 1. The summed E-state index contributed by atoms with van der Waals surface area (Å²) in [6.07, 6.45) is 3.54. The number of carbonyl (C=O) groups excluding carboxylic acids is 5. The summed E-state index contributed by atoms with van der Waals surface area (Å²) in [7, 11) is 1.63. The SMILES string of the molecule is COc1cc2nc(C)nc(N[C@H](C)c3cc(N)cc(C(F)(F)F)c3)c2cc1C1CCC(C(=O)N2CCC(CCOCC3CCN(c4ccc5c(c4)C(=O)N(C4CCC(=O)NC4=O)C5=O)CC3)CC2)CC1. The number of piperidine rings is 3. The Morgan fingerprint density at radius 3 is 2.29 bits per heavy atom. The molecular weight excluding hydrogens is 906 g/mol. The zero-order valence-corrected chi connectivity index (χ0v) is 39.9. The molecule has 4 aromatic rings. The number of aromatic nitrogens is 2. The van der Waals surface area contributed by atoms with Crippen LogP contribution in [0, 0.1) is 24.7 Å². The molecule has 1 unspecified atom stereocenters. The molecule has 5 aliphatic rings. The van der Waals surface area contributed by atoms with Crippen LogP contribution in [-0.2, 0) is 25.3 Å². The number of methoxy groups -OCH3 is 1. The normalized spacial score (nSPS) is 22.1. The van der Waals surface area contributed by atoms with Crippen LogP contribution in [0.3, 0.4) is 0 Å². The lowest BCUT2D eigenvalue weighted by Gasteiger charge is -2.36. The van der Waals surface area contributed by atoms with E-state index in [4.69, 9.17) is 15.2 Å². The summed E-state index contributed by atoms with van der Waals surface area (Å²) >= 11 is 0. The molecule has 5 amide bonds. The second-order valence-electron chi connectivity index (χ2n) is 19.8. The maximum atomic E-state index is 13.8. The van der Waals surface area contributed by atoms with Crippen LogP contribution in [0.2, 0.25) is 0 Å². The number of hydrogen-bond acceptors (Lipinski definition) is 12. The monoisotopic (exact) mass is 966 g/mol. The Kier molecular flexibility index (Phi) is 14.1. The van der Waals surface area contributed by atoms with Crippen LogP contribution < -0.4 is 26.0 Å². The second kappa shape index (κ2) is 20.2. The van der Waals surface area contributed by atoms with Crippen molar-refractivity contribution < 1.29 is 46.6 Å². The minimum atomic E-state index is -4.53. The van der Waals surface area contributed by atoms with E-state index in [1.807, 2.05) is 23.1 Å². The average Bonchev–Trinajstić information content (AvgIpc) is 3.59. The standard InChI is InChI=1S/C52H61F3N8O7/c1-29(35-22-36(52(53,54)55)24-37(56)23-35)57-47-42-26-40(45(69-3)27-43(42)58-30(2)59-47)33-4-6-34(7-5-33)49(66)62-19-12-31(13-20-62)16-21-70-28-32-14-17-61(18-15-32)38-8-9-39-41(25-38)51(68)63(50(39)67)44-10-11-46(64)60-48(44)65/h8-9,22-27,29,31-34,44H,4-7,10-21,28,56H2,1-3H3,(H,57,58,59)(H,60,64,65)/t29-,33?,34?,44?/m1/s1. The molecule has 4 fully saturated rings. The van der Waals surface area contributed by atoms with Gasteiger partial charge in [-0.3, -0.25) is 34.2 Å². The first kappa shape index (κ1) is 48.7. The Balaban J connectivity index is 0.709. The number of anilines is 3. The summed E-state index contributed by atoms with van der Waals surface area (Å²) in [6, 6.07) is 11.2. The van der Waals surface area contributed by atoms with E-state index in [0.717, 1.165) is 118 Å². The molecular formula is C52H61F3N8O7. The molecule has 5 heterocycles. The number of ether oxygens (including phenoxy) is 2. The first-order valence-electron chi connectivity index (χ1n) is 24.6. The zero-order chi connectivity index (χ0) is 49.4. The molecule has 2 atom stereocenters. The topological polar surface area (TPSA) is 189 Å². The molecule has 18 heteroatoms. The van der Waals surface area contributed by atoms with Gasteiger partial charge in [-0.15, -0.1) is 0 Å². The highest BCUT2D eigenvalue weighted by Crippen LogP contribution is 2.43. The summed E-state index contributed by atoms with van der Waals surface area (Å²) in [4.78, 5) is 79.0. The third-order valence-electron chi connectivity index (χ3n) is 15.2. The van der Waals surface area contributed by atoms with Gasteiger partial charge in [-0.1, -0.05) is 0 Å². The van der Waals surface area contributed by atoms with Gasteiger partial charge >= 0.3 is 6.18 Å². The van der Waals surface area contributed by atoms with E-state index in [9.17, 15) is 37.1 Å². The number of fused-ring (bicyclic) bond motifs is 2. The van der Waals surface area contributed by atoms with Crippen LogP contribution in [0.1, 0.15) is 133 Å². The van der Waals surface area contributed by atoms with Crippen molar-refractivity contribution in [2.24, 2.45) is 17.8 Å². The molecule has 1 saturated carbocycles. The Morgan fingerprint density at radius 2 is 1.59 bits per heavy atom. The van der Waals surface area contributed by atoms with Crippen LogP contribution in [0.4, 0.5) is 30.4 Å². The number of halogens is 3. The maximum absolute atomic E-state index is 13.8. The number of aryl methyl sites for hydroxylation is 1. The van der Waals surface area contributed by atoms with Crippen molar-refractivity contribution in [3.63, 3.8) is 0 Å². The smallest absolute Gasteiger partial charge is 0.416 e. The van der Waals surface area contributed by atoms with Crippen LogP contribution in [0.15, 0.2) is 48.5 Å². The number of nitrogens with two attached hydrogens (primary N) is 1. The van der Waals surface area contributed by atoms with Gasteiger partial charge in [0.15, 0.2) is 0 Å². The van der Waals surface area contributed by atoms with Crippen LogP contribution in [0.5, 0.6) is 5.75 Å². The summed E-state index contributed by atoms with van der Waals surface area (Å²) < 4.78 is 52.9. The molecule has 3 saturated heterocycles. The molecule has 15 nitrogen and oxygen atoms in total. The van der Waals surface area contributed by atoms with Crippen LogP contribution in [-0.4, -0.2) is 102 Å². The van der Waals surface area contributed by atoms with Crippen molar-refractivity contribution >= 4 is 57.6 Å². The fraction of sp³-hybridized carbons (Fsp3) is 0.519. The molecule has 3 aromatic carbocycles. The van der Waals surface area contributed by atoms with Crippen molar-refractivity contribution in [1.29, 1.82) is 0 Å². The Morgan fingerprint density at radius 1 is 0.871 bits per heavy atom. The molecule has 0 bridgehead atoms. The largest absolute Gasteiger partial charge is 0.496 e. The summed E-state index contributed by atoms with van der Waals surface area (Å²) in [6.45, 7) is 7.98. The number of alkyl halides is 3. The van der Waals surface area contributed by atoms with Crippen LogP contribution >= 0.6 is 0 Å². The quantitative estimate of drug-likeness (QED) is 0.0667. The second-order valence-corrected chi connectivity index (χ2v) is 19.8. The van der Waals surface area contributed by atoms with Gasteiger partial charge in [-0.25, -0.2) is 9.97 Å². The number of rotatable bonds is 13. The van der Waals surface area contributed by atoms with Gasteiger partial charge in [0.05, 0.1) is 35.4 Å². The van der Waals surface area contributed by atoms with Crippen LogP contribution in [0.25, 0.3) is 10.9 Å². The number of carbonyl (C=O) groups is 5. The van der Waals surface area contributed by atoms with Crippen molar-refractivity contribution in [1.82, 2.24) is 25.1 Å². The molecule has 9 rings (SSSR count). The first-order valence-corrected chi connectivity index (χ1v) is 24.6. The number of imide groups is 2. The molecule has 4 N–H and O–H groups in total. The molecule has 0 spiro atoms. The van der Waals surface area contributed by atoms with Gasteiger partial charge in [-0.05, 0) is 149 Å². The van der Waals surface area contributed by atoms with E-state index < -0.39 is 47.5 Å². The summed E-state index contributed by atoms with van der Waals surface area (Å²) in [5.41, 5.74) is 8.56. The zero-order valence-electron chi connectivity index (χ0n) is 39.9. The van der Waals surface area contributed by atoms with Gasteiger partial charge in [0.2, 0.25) is 17.7 Å². The number of benzene rings is 3. The lowest BCUT2D eigenvalue weighted by Crippen LogP contribution is -2.54. The van der Waals surface area contributed by atoms with Gasteiger partial charge in [0.25, 0.3) is 11.8 Å². The highest BCUT2D eigenvalue weighted by molar-refractivity contribution is 6.23. The lowest BCUT2D eigenvalue weighted by atomic mass is 9.77. The summed E-state index contributed by atoms with van der Waals surface area (Å²) in [5.74, 6) is 0.929. The number of hydrogen-bond donors (Lipinski definition) is 3. The Bertz CT molecular complexity index is 2670. The van der Waals surface area contributed by atoms with Gasteiger partial charge < -0.3 is 30.3 Å². The first-order chi connectivity index (χ1) is 33.5. The number of nitrogen functional groups attached to an aromatic ring is 1.